The standard InChI is InChI=1S/C18H27NO2/c1-3-19(4-2)13-14-6-5-7-17(12-14)15-8-10-16(11-9-15)18(20)21/h5-7,12,15-16H,3-4,8-11,13H2,1-2H3,(H,20,21). The van der Waals surface area contributed by atoms with E-state index in [1.165, 1.54) is 11.1 Å². The zero-order chi connectivity index (χ0) is 15.2. The largest absolute Gasteiger partial charge is 0.481 e. The summed E-state index contributed by atoms with van der Waals surface area (Å²) in [6.07, 6.45) is 3.65. The van der Waals surface area contributed by atoms with Gasteiger partial charge in [-0.1, -0.05) is 38.1 Å². The Bertz CT molecular complexity index is 460. The van der Waals surface area contributed by atoms with Crippen LogP contribution in [0.4, 0.5) is 0 Å². The van der Waals surface area contributed by atoms with Crippen LogP contribution in [-0.4, -0.2) is 29.1 Å². The van der Waals surface area contributed by atoms with Gasteiger partial charge in [0.2, 0.25) is 0 Å². The molecular formula is C18H27NO2. The van der Waals surface area contributed by atoms with Crippen molar-refractivity contribution < 1.29 is 9.90 Å². The van der Waals surface area contributed by atoms with Crippen molar-refractivity contribution >= 4 is 5.97 Å². The molecule has 3 nitrogen and oxygen atoms in total. The van der Waals surface area contributed by atoms with Crippen LogP contribution >= 0.6 is 0 Å². The van der Waals surface area contributed by atoms with E-state index in [0.717, 1.165) is 45.3 Å². The molecule has 1 aromatic carbocycles. The van der Waals surface area contributed by atoms with Crippen molar-refractivity contribution in [1.29, 1.82) is 0 Å². The van der Waals surface area contributed by atoms with E-state index in [1.54, 1.807) is 0 Å². The highest BCUT2D eigenvalue weighted by Crippen LogP contribution is 2.36. The smallest absolute Gasteiger partial charge is 0.306 e. The summed E-state index contributed by atoms with van der Waals surface area (Å²) in [4.78, 5) is 13.5. The third-order valence-corrected chi connectivity index (χ3v) is 4.80. The number of aliphatic carboxylic acids is 1. The fraction of sp³-hybridized carbons (Fsp3) is 0.611. The zero-order valence-corrected chi connectivity index (χ0v) is 13.2. The summed E-state index contributed by atoms with van der Waals surface area (Å²) >= 11 is 0. The molecule has 0 saturated heterocycles. The molecule has 1 fully saturated rings. The molecule has 3 heteroatoms. The first-order valence-corrected chi connectivity index (χ1v) is 8.18. The van der Waals surface area contributed by atoms with Crippen LogP contribution in [0.2, 0.25) is 0 Å². The van der Waals surface area contributed by atoms with Crippen molar-refractivity contribution in [2.24, 2.45) is 5.92 Å². The number of benzene rings is 1. The average Bonchev–Trinajstić information content (AvgIpc) is 2.53. The molecular weight excluding hydrogens is 262 g/mol. The lowest BCUT2D eigenvalue weighted by atomic mass is 9.78. The minimum Gasteiger partial charge on any atom is -0.481 e. The van der Waals surface area contributed by atoms with Gasteiger partial charge < -0.3 is 5.11 Å². The van der Waals surface area contributed by atoms with Crippen molar-refractivity contribution in [3.05, 3.63) is 35.4 Å². The lowest BCUT2D eigenvalue weighted by molar-refractivity contribution is -0.142. The predicted molar refractivity (Wildman–Crippen MR) is 85.4 cm³/mol. The number of hydrogen-bond acceptors (Lipinski definition) is 2. The Hall–Kier alpha value is -1.35. The van der Waals surface area contributed by atoms with E-state index in [0.29, 0.717) is 5.92 Å². The molecule has 21 heavy (non-hydrogen) atoms. The van der Waals surface area contributed by atoms with Crippen LogP contribution in [0.25, 0.3) is 0 Å². The molecule has 0 heterocycles. The van der Waals surface area contributed by atoms with Gasteiger partial charge in [-0.3, -0.25) is 9.69 Å². The molecule has 0 spiro atoms. The van der Waals surface area contributed by atoms with Crippen LogP contribution in [0, 0.1) is 5.92 Å². The Morgan fingerprint density at radius 1 is 1.19 bits per heavy atom. The fourth-order valence-electron chi connectivity index (χ4n) is 3.32. The average molecular weight is 289 g/mol. The molecule has 1 N–H and O–H groups in total. The van der Waals surface area contributed by atoms with Crippen LogP contribution in [-0.2, 0) is 11.3 Å². The van der Waals surface area contributed by atoms with Crippen molar-refractivity contribution in [2.75, 3.05) is 13.1 Å². The van der Waals surface area contributed by atoms with Crippen LogP contribution < -0.4 is 0 Å². The summed E-state index contributed by atoms with van der Waals surface area (Å²) in [5.41, 5.74) is 2.76. The maximum Gasteiger partial charge on any atom is 0.306 e. The number of carboxylic acids is 1. The molecule has 0 amide bonds. The molecule has 2 rings (SSSR count). The van der Waals surface area contributed by atoms with Gasteiger partial charge in [0.05, 0.1) is 5.92 Å². The minimum absolute atomic E-state index is 0.125. The Morgan fingerprint density at radius 3 is 2.43 bits per heavy atom. The molecule has 0 atom stereocenters. The monoisotopic (exact) mass is 289 g/mol. The van der Waals surface area contributed by atoms with E-state index >= 15 is 0 Å². The van der Waals surface area contributed by atoms with Gasteiger partial charge in [0.25, 0.3) is 0 Å². The van der Waals surface area contributed by atoms with E-state index in [-0.39, 0.29) is 5.92 Å². The lowest BCUT2D eigenvalue weighted by Gasteiger charge is -2.27. The molecule has 0 bridgehead atoms. The molecule has 0 aromatic heterocycles. The molecule has 1 saturated carbocycles. The van der Waals surface area contributed by atoms with E-state index < -0.39 is 5.97 Å². The minimum atomic E-state index is -0.622. The van der Waals surface area contributed by atoms with Crippen molar-refractivity contribution in [3.8, 4) is 0 Å². The fourth-order valence-corrected chi connectivity index (χ4v) is 3.32. The quantitative estimate of drug-likeness (QED) is 0.863. The third-order valence-electron chi connectivity index (χ3n) is 4.80. The SMILES string of the molecule is CCN(CC)Cc1cccc(C2CCC(C(=O)O)CC2)c1. The second-order valence-electron chi connectivity index (χ2n) is 6.09. The summed E-state index contributed by atoms with van der Waals surface area (Å²) < 4.78 is 0. The first-order chi connectivity index (χ1) is 10.1. The topological polar surface area (TPSA) is 40.5 Å². The second kappa shape index (κ2) is 7.60. The normalized spacial score (nSPS) is 22.4. The number of carboxylic acid groups (broad SMARTS) is 1. The van der Waals surface area contributed by atoms with Gasteiger partial charge in [-0.25, -0.2) is 0 Å². The highest BCUT2D eigenvalue weighted by molar-refractivity contribution is 5.70. The van der Waals surface area contributed by atoms with E-state index in [4.69, 9.17) is 5.11 Å². The maximum absolute atomic E-state index is 11.0. The first kappa shape index (κ1) is 16.0. The van der Waals surface area contributed by atoms with Gasteiger partial charge in [0, 0.05) is 6.54 Å². The Labute approximate surface area is 128 Å². The summed E-state index contributed by atoms with van der Waals surface area (Å²) in [7, 11) is 0. The molecule has 0 aliphatic heterocycles. The summed E-state index contributed by atoms with van der Waals surface area (Å²) in [5, 5.41) is 9.09. The summed E-state index contributed by atoms with van der Waals surface area (Å²) in [6.45, 7) is 7.54. The molecule has 0 radical (unpaired) electrons. The Balaban J connectivity index is 1.99. The van der Waals surface area contributed by atoms with Crippen molar-refractivity contribution in [2.45, 2.75) is 52.0 Å². The van der Waals surface area contributed by atoms with Gasteiger partial charge in [0.1, 0.15) is 0 Å². The van der Waals surface area contributed by atoms with E-state index in [1.807, 2.05) is 0 Å². The van der Waals surface area contributed by atoms with Crippen LogP contribution in [0.3, 0.4) is 0 Å². The number of hydrogen-bond donors (Lipinski definition) is 1. The number of rotatable bonds is 6. The first-order valence-electron chi connectivity index (χ1n) is 8.18. The van der Waals surface area contributed by atoms with Gasteiger partial charge >= 0.3 is 5.97 Å². The second-order valence-corrected chi connectivity index (χ2v) is 6.09. The van der Waals surface area contributed by atoms with Gasteiger partial charge in [-0.15, -0.1) is 0 Å². The predicted octanol–water partition coefficient (Wildman–Crippen LogP) is 3.89. The van der Waals surface area contributed by atoms with Crippen LogP contribution in [0.5, 0.6) is 0 Å². The van der Waals surface area contributed by atoms with E-state index in [2.05, 4.69) is 43.0 Å². The van der Waals surface area contributed by atoms with E-state index in [9.17, 15) is 4.79 Å². The van der Waals surface area contributed by atoms with Gasteiger partial charge in [-0.05, 0) is 55.8 Å². The molecule has 0 unspecified atom stereocenters. The maximum atomic E-state index is 11.0. The molecule has 1 aliphatic carbocycles. The highest BCUT2D eigenvalue weighted by Gasteiger charge is 2.26. The van der Waals surface area contributed by atoms with Gasteiger partial charge in [-0.2, -0.15) is 0 Å². The highest BCUT2D eigenvalue weighted by atomic mass is 16.4. The van der Waals surface area contributed by atoms with Gasteiger partial charge in [0.15, 0.2) is 0 Å². The van der Waals surface area contributed by atoms with Crippen LogP contribution in [0.1, 0.15) is 56.6 Å². The number of carbonyl (C=O) groups is 1. The van der Waals surface area contributed by atoms with Crippen LogP contribution in [0.15, 0.2) is 24.3 Å². The molecule has 1 aliphatic rings. The Morgan fingerprint density at radius 2 is 1.86 bits per heavy atom. The molecule has 116 valence electrons. The molecule has 1 aromatic rings. The lowest BCUT2D eigenvalue weighted by Crippen LogP contribution is -2.22. The van der Waals surface area contributed by atoms with Crippen molar-refractivity contribution in [3.63, 3.8) is 0 Å². The zero-order valence-electron chi connectivity index (χ0n) is 13.2. The summed E-state index contributed by atoms with van der Waals surface area (Å²) in [5.74, 6) is -0.207. The summed E-state index contributed by atoms with van der Waals surface area (Å²) in [6, 6.07) is 8.88. The van der Waals surface area contributed by atoms with Crippen molar-refractivity contribution in [1.82, 2.24) is 4.90 Å². The number of nitrogens with zero attached hydrogens (tertiary/aromatic N) is 1. The Kier molecular flexibility index (Phi) is 5.80. The third kappa shape index (κ3) is 4.31.